The number of rotatable bonds is 3. The summed E-state index contributed by atoms with van der Waals surface area (Å²) in [5.41, 5.74) is 5.14. The van der Waals surface area contributed by atoms with Crippen LogP contribution in [0.2, 0.25) is 5.02 Å². The van der Waals surface area contributed by atoms with Crippen LogP contribution in [-0.4, -0.2) is 12.1 Å². The fraction of sp³-hybridized carbons (Fsp3) is 0.182. The molecule has 1 aromatic carbocycles. The number of halogens is 1. The van der Waals surface area contributed by atoms with E-state index in [0.717, 1.165) is 22.6 Å². The number of methoxy groups -OCH3 is 1. The maximum atomic E-state index is 6.11. The minimum atomic E-state index is 0.652. The smallest absolute Gasteiger partial charge is 0.197 e. The summed E-state index contributed by atoms with van der Waals surface area (Å²) in [7, 11) is 1.63. The van der Waals surface area contributed by atoms with Gasteiger partial charge in [-0.05, 0) is 24.6 Å². The summed E-state index contributed by atoms with van der Waals surface area (Å²) in [4.78, 5) is 4.32. The third-order valence-corrected chi connectivity index (χ3v) is 3.57. The number of nitrogens with two attached hydrogens (primary N) is 1. The number of hydrazine groups is 1. The molecule has 0 aliphatic rings. The number of nitrogens with zero attached hydrogens (tertiary/aromatic N) is 1. The predicted molar refractivity (Wildman–Crippen MR) is 71.7 cm³/mol. The molecule has 2 aromatic rings. The summed E-state index contributed by atoms with van der Waals surface area (Å²) >= 11 is 7.54. The largest absolute Gasteiger partial charge is 0.496 e. The molecule has 0 saturated carbocycles. The van der Waals surface area contributed by atoms with E-state index in [1.807, 2.05) is 24.4 Å². The number of ether oxygens (including phenoxy) is 1. The maximum absolute atomic E-state index is 6.11. The Balaban J connectivity index is 2.53. The first kappa shape index (κ1) is 12.2. The van der Waals surface area contributed by atoms with Gasteiger partial charge in [-0.1, -0.05) is 11.6 Å². The number of benzene rings is 1. The number of aryl methyl sites for hydroxylation is 1. The molecule has 6 heteroatoms. The summed E-state index contributed by atoms with van der Waals surface area (Å²) in [5.74, 6) is 6.06. The summed E-state index contributed by atoms with van der Waals surface area (Å²) in [6.07, 6.45) is 0. The van der Waals surface area contributed by atoms with E-state index in [1.54, 1.807) is 7.11 Å². The Bertz CT molecular complexity index is 542. The lowest BCUT2D eigenvalue weighted by atomic mass is 10.1. The molecule has 0 spiro atoms. The van der Waals surface area contributed by atoms with E-state index in [-0.39, 0.29) is 0 Å². The second kappa shape index (κ2) is 4.91. The van der Waals surface area contributed by atoms with Gasteiger partial charge in [-0.2, -0.15) is 0 Å². The van der Waals surface area contributed by atoms with Gasteiger partial charge in [0.15, 0.2) is 5.13 Å². The molecule has 0 radical (unpaired) electrons. The minimum Gasteiger partial charge on any atom is -0.496 e. The molecule has 0 amide bonds. The van der Waals surface area contributed by atoms with Crippen LogP contribution in [0.15, 0.2) is 17.5 Å². The van der Waals surface area contributed by atoms with Gasteiger partial charge in [-0.25, -0.2) is 10.8 Å². The van der Waals surface area contributed by atoms with Gasteiger partial charge in [0.25, 0.3) is 0 Å². The van der Waals surface area contributed by atoms with Crippen molar-refractivity contribution in [3.63, 3.8) is 0 Å². The zero-order valence-electron chi connectivity index (χ0n) is 9.45. The summed E-state index contributed by atoms with van der Waals surface area (Å²) < 4.78 is 5.33. The predicted octanol–water partition coefficient (Wildman–Crippen LogP) is 3.07. The van der Waals surface area contributed by atoms with Gasteiger partial charge in [-0.3, -0.25) is 5.43 Å². The molecule has 0 aliphatic heterocycles. The van der Waals surface area contributed by atoms with Gasteiger partial charge >= 0.3 is 0 Å². The van der Waals surface area contributed by atoms with E-state index in [0.29, 0.717) is 10.2 Å². The van der Waals surface area contributed by atoms with E-state index >= 15 is 0 Å². The molecule has 0 aliphatic carbocycles. The second-order valence-electron chi connectivity index (χ2n) is 3.48. The molecular formula is C11H12ClN3OS. The van der Waals surface area contributed by atoms with Crippen LogP contribution < -0.4 is 16.0 Å². The van der Waals surface area contributed by atoms with Gasteiger partial charge in [-0.15, -0.1) is 11.3 Å². The zero-order valence-corrected chi connectivity index (χ0v) is 11.0. The third-order valence-electron chi connectivity index (χ3n) is 2.38. The quantitative estimate of drug-likeness (QED) is 0.664. The number of nitrogens with one attached hydrogen (secondary N) is 1. The van der Waals surface area contributed by atoms with Crippen molar-refractivity contribution in [2.75, 3.05) is 12.5 Å². The number of nitrogen functional groups attached to an aromatic ring is 1. The molecule has 0 fully saturated rings. The highest BCUT2D eigenvalue weighted by Gasteiger charge is 2.12. The van der Waals surface area contributed by atoms with Crippen molar-refractivity contribution in [1.82, 2.24) is 4.98 Å². The number of hydrogen-bond acceptors (Lipinski definition) is 5. The minimum absolute atomic E-state index is 0.652. The van der Waals surface area contributed by atoms with E-state index < -0.39 is 0 Å². The molecule has 1 heterocycles. The van der Waals surface area contributed by atoms with Crippen LogP contribution in [0.1, 0.15) is 5.56 Å². The Morgan fingerprint density at radius 2 is 2.24 bits per heavy atom. The summed E-state index contributed by atoms with van der Waals surface area (Å²) in [5, 5.41) is 3.24. The van der Waals surface area contributed by atoms with Gasteiger partial charge < -0.3 is 4.74 Å². The molecule has 2 rings (SSSR count). The van der Waals surface area contributed by atoms with Gasteiger partial charge in [0.2, 0.25) is 0 Å². The Labute approximate surface area is 108 Å². The van der Waals surface area contributed by atoms with E-state index in [9.17, 15) is 0 Å². The van der Waals surface area contributed by atoms with Gasteiger partial charge in [0.05, 0.1) is 12.8 Å². The zero-order chi connectivity index (χ0) is 12.4. The molecule has 3 N–H and O–H groups in total. The van der Waals surface area contributed by atoms with Crippen LogP contribution >= 0.6 is 22.9 Å². The fourth-order valence-corrected chi connectivity index (χ4v) is 2.27. The molecule has 1 aromatic heterocycles. The molecular weight excluding hydrogens is 258 g/mol. The van der Waals surface area contributed by atoms with E-state index in [1.165, 1.54) is 11.3 Å². The number of aromatic nitrogens is 1. The Hall–Kier alpha value is -1.30. The molecule has 0 saturated heterocycles. The highest BCUT2D eigenvalue weighted by Crippen LogP contribution is 2.35. The Morgan fingerprint density at radius 1 is 1.47 bits per heavy atom. The van der Waals surface area contributed by atoms with Crippen LogP contribution in [0.25, 0.3) is 11.3 Å². The van der Waals surface area contributed by atoms with Crippen molar-refractivity contribution >= 4 is 28.1 Å². The first-order chi connectivity index (χ1) is 8.15. The standard InChI is InChI=1S/C11H12ClN3OS/c1-6-3-10(16-2)7(4-8(6)12)9-5-17-11(14-9)15-13/h3-5H,13H2,1-2H3,(H,14,15). The van der Waals surface area contributed by atoms with Gasteiger partial charge in [0, 0.05) is 16.0 Å². The monoisotopic (exact) mass is 269 g/mol. The lowest BCUT2D eigenvalue weighted by Gasteiger charge is -2.08. The molecule has 90 valence electrons. The van der Waals surface area contributed by atoms with Crippen molar-refractivity contribution < 1.29 is 4.74 Å². The summed E-state index contributed by atoms with van der Waals surface area (Å²) in [6.45, 7) is 1.93. The SMILES string of the molecule is COc1cc(C)c(Cl)cc1-c1csc(NN)n1. The maximum Gasteiger partial charge on any atom is 0.197 e. The molecule has 0 unspecified atom stereocenters. The average Bonchev–Trinajstić information content (AvgIpc) is 2.80. The van der Waals surface area contributed by atoms with E-state index in [4.69, 9.17) is 22.2 Å². The number of thiazole rings is 1. The summed E-state index contributed by atoms with van der Waals surface area (Å²) in [6, 6.07) is 3.75. The van der Waals surface area contributed by atoms with Gasteiger partial charge in [0.1, 0.15) is 5.75 Å². The Morgan fingerprint density at radius 3 is 2.82 bits per heavy atom. The van der Waals surface area contributed by atoms with Crippen LogP contribution in [0.5, 0.6) is 5.75 Å². The van der Waals surface area contributed by atoms with Crippen molar-refractivity contribution in [2.24, 2.45) is 5.84 Å². The first-order valence-electron chi connectivity index (χ1n) is 4.92. The van der Waals surface area contributed by atoms with Crippen molar-refractivity contribution in [1.29, 1.82) is 0 Å². The molecule has 0 atom stereocenters. The average molecular weight is 270 g/mol. The van der Waals surface area contributed by atoms with Crippen LogP contribution in [-0.2, 0) is 0 Å². The fourth-order valence-electron chi connectivity index (χ4n) is 1.49. The van der Waals surface area contributed by atoms with Crippen LogP contribution in [0.3, 0.4) is 0 Å². The lowest BCUT2D eigenvalue weighted by molar-refractivity contribution is 0.416. The number of anilines is 1. The molecule has 4 nitrogen and oxygen atoms in total. The van der Waals surface area contributed by atoms with Crippen LogP contribution in [0, 0.1) is 6.92 Å². The second-order valence-corrected chi connectivity index (χ2v) is 4.75. The topological polar surface area (TPSA) is 60.2 Å². The van der Waals surface area contributed by atoms with E-state index in [2.05, 4.69) is 10.4 Å². The first-order valence-corrected chi connectivity index (χ1v) is 6.18. The van der Waals surface area contributed by atoms with Crippen molar-refractivity contribution in [2.45, 2.75) is 6.92 Å². The highest BCUT2D eigenvalue weighted by molar-refractivity contribution is 7.14. The number of hydrogen-bond donors (Lipinski definition) is 2. The van der Waals surface area contributed by atoms with Crippen molar-refractivity contribution in [3.8, 4) is 17.0 Å². The highest BCUT2D eigenvalue weighted by atomic mass is 35.5. The molecule has 0 bridgehead atoms. The third kappa shape index (κ3) is 2.36. The van der Waals surface area contributed by atoms with Crippen LogP contribution in [0.4, 0.5) is 5.13 Å². The lowest BCUT2D eigenvalue weighted by Crippen LogP contribution is -2.05. The molecule has 17 heavy (non-hydrogen) atoms. The Kier molecular flexibility index (Phi) is 3.51. The van der Waals surface area contributed by atoms with Crippen molar-refractivity contribution in [3.05, 3.63) is 28.1 Å². The normalized spacial score (nSPS) is 10.4.